The maximum absolute atomic E-state index is 14.2. The van der Waals surface area contributed by atoms with Gasteiger partial charge in [0.25, 0.3) is 0 Å². The van der Waals surface area contributed by atoms with Gasteiger partial charge in [-0.3, -0.25) is 14.4 Å². The van der Waals surface area contributed by atoms with Crippen LogP contribution >= 0.6 is 0 Å². The van der Waals surface area contributed by atoms with Gasteiger partial charge in [-0.2, -0.15) is 0 Å². The van der Waals surface area contributed by atoms with Crippen LogP contribution < -0.4 is 26.6 Å². The van der Waals surface area contributed by atoms with Crippen molar-refractivity contribution in [2.75, 3.05) is 13.7 Å². The van der Waals surface area contributed by atoms with Crippen LogP contribution in [-0.4, -0.2) is 57.5 Å². The highest BCUT2D eigenvalue weighted by Crippen LogP contribution is 2.42. The summed E-state index contributed by atoms with van der Waals surface area (Å²) in [5, 5.41) is 16.8. The number of fused-ring (bicyclic) bond motifs is 8. The molecule has 10 nitrogen and oxygen atoms in total. The molecule has 0 aromatic carbocycles. The average molecular weight is 679 g/mol. The number of carbonyl (C=O) groups is 3. The number of aliphatic hydroxyl groups excluding tert-OH is 1. The number of carbonyl (C=O) groups excluding carboxylic acids is 3. The number of ether oxygens (including phenoxy) is 2. The third-order valence-electron chi connectivity index (χ3n) is 10.6. The zero-order valence-corrected chi connectivity index (χ0v) is 29.8. The van der Waals surface area contributed by atoms with E-state index in [9.17, 15) is 19.5 Å². The smallest absolute Gasteiger partial charge is 0.320 e. The molecule has 8 bridgehead atoms. The van der Waals surface area contributed by atoms with E-state index in [2.05, 4.69) is 39.8 Å². The van der Waals surface area contributed by atoms with Crippen molar-refractivity contribution in [1.82, 2.24) is 20.3 Å². The summed E-state index contributed by atoms with van der Waals surface area (Å²) in [6, 6.07) is -0.464. The summed E-state index contributed by atoms with van der Waals surface area (Å²) in [5.74, 6) is -2.62. The highest BCUT2D eigenvalue weighted by atomic mass is 16.5. The standard InChI is InChI=1S/C40H46N4O6/c1-9-23-20(5)27-15-28-21(6)25(11-12-33(46)50-14-13-19(3)4)37(43-28)35-36(40(48)49-8)39(47)34-22(7)29(44-38(34)35)16-31-24(10-2)26(18-45)32(42-31)17-30(23)41-27/h9,13,15-18,21,25,36-37,41-45H,1,10-12,14H2,2-8H3/b26-18+,28-15+,29-16-,32-17-/t21-,25-,36+,37?/m0/s1. The van der Waals surface area contributed by atoms with Gasteiger partial charge in [0.05, 0.1) is 30.1 Å². The van der Waals surface area contributed by atoms with Gasteiger partial charge in [-0.1, -0.05) is 32.1 Å². The van der Waals surface area contributed by atoms with Gasteiger partial charge in [-0.15, -0.1) is 0 Å². The first kappa shape index (κ1) is 34.6. The van der Waals surface area contributed by atoms with E-state index in [0.29, 0.717) is 45.5 Å². The molecule has 262 valence electrons. The Morgan fingerprint density at radius 3 is 2.42 bits per heavy atom. The highest BCUT2D eigenvalue weighted by molar-refractivity contribution is 6.19. The van der Waals surface area contributed by atoms with Crippen molar-refractivity contribution in [3.05, 3.63) is 90.1 Å². The van der Waals surface area contributed by atoms with E-state index in [1.807, 2.05) is 58.9 Å². The largest absolute Gasteiger partial charge is 0.515 e. The average Bonchev–Trinajstić information content (AvgIpc) is 3.83. The molecule has 1 saturated heterocycles. The minimum absolute atomic E-state index is 0.0798. The summed E-state index contributed by atoms with van der Waals surface area (Å²) < 4.78 is 10.7. The second-order valence-electron chi connectivity index (χ2n) is 13.7. The molecule has 5 N–H and O–H groups in total. The first-order valence-electron chi connectivity index (χ1n) is 17.2. The fourth-order valence-corrected chi connectivity index (χ4v) is 7.87. The van der Waals surface area contributed by atoms with Crippen molar-refractivity contribution in [2.24, 2.45) is 17.8 Å². The minimum Gasteiger partial charge on any atom is -0.515 e. The molecule has 3 aromatic rings. The Kier molecular flexibility index (Phi) is 9.39. The quantitative estimate of drug-likeness (QED) is 0.139. The van der Waals surface area contributed by atoms with E-state index in [0.717, 1.165) is 56.7 Å². The monoisotopic (exact) mass is 678 g/mol. The van der Waals surface area contributed by atoms with E-state index in [1.165, 1.54) is 7.11 Å². The number of Topliss-reactive ketones (excluding diaryl/α,β-unsaturated/α-hetero) is 1. The third-order valence-corrected chi connectivity index (χ3v) is 10.6. The number of rotatable bonds is 8. The predicted molar refractivity (Wildman–Crippen MR) is 194 cm³/mol. The van der Waals surface area contributed by atoms with Gasteiger partial charge in [-0.05, 0) is 93.0 Å². The van der Waals surface area contributed by atoms with Gasteiger partial charge >= 0.3 is 11.9 Å². The van der Waals surface area contributed by atoms with Crippen LogP contribution in [0.3, 0.4) is 0 Å². The lowest BCUT2D eigenvalue weighted by atomic mass is 9.80. The Morgan fingerprint density at radius 1 is 1.02 bits per heavy atom. The fraction of sp³-hybridized carbons (Fsp3) is 0.375. The molecule has 50 heavy (non-hydrogen) atoms. The lowest BCUT2D eigenvalue weighted by Crippen LogP contribution is -2.38. The molecule has 2 aliphatic heterocycles. The number of esters is 2. The molecule has 4 atom stereocenters. The van der Waals surface area contributed by atoms with Gasteiger partial charge in [0.2, 0.25) is 0 Å². The molecule has 1 unspecified atom stereocenters. The number of aromatic nitrogens is 3. The summed E-state index contributed by atoms with van der Waals surface area (Å²) >= 11 is 0. The first-order chi connectivity index (χ1) is 23.9. The lowest BCUT2D eigenvalue weighted by molar-refractivity contribution is -0.143. The van der Waals surface area contributed by atoms with Crippen molar-refractivity contribution in [1.29, 1.82) is 0 Å². The topological polar surface area (TPSA) is 149 Å². The maximum atomic E-state index is 14.2. The van der Waals surface area contributed by atoms with Crippen LogP contribution in [0.1, 0.15) is 90.2 Å². The molecule has 0 spiro atoms. The van der Waals surface area contributed by atoms with Crippen LogP contribution in [0.5, 0.6) is 0 Å². The second-order valence-corrected chi connectivity index (χ2v) is 13.7. The number of H-pyrrole nitrogens is 3. The van der Waals surface area contributed by atoms with Crippen LogP contribution in [0.4, 0.5) is 0 Å². The van der Waals surface area contributed by atoms with E-state index in [4.69, 9.17) is 9.47 Å². The SMILES string of the molecule is C=Cc1c2[nH]c(c1C)/C=C1/NC(C3=c4[nH]/c(c(C)c4C(=O)[C@@H]3C(=O)OC)=C\c3[nH]c(/c(=C/O)c3CC)=C\2)[C@@H](CCC(=O)OCC=C(C)C)[C@@H]1C. The van der Waals surface area contributed by atoms with Crippen molar-refractivity contribution in [2.45, 2.75) is 66.8 Å². The normalized spacial score (nSPS) is 23.3. The molecule has 0 radical (unpaired) electrons. The molecular formula is C40H46N4O6. The number of hydrogen-bond acceptors (Lipinski definition) is 7. The predicted octanol–water partition coefficient (Wildman–Crippen LogP) is 3.45. The summed E-state index contributed by atoms with van der Waals surface area (Å²) in [5.41, 5.74) is 9.08. The number of allylic oxidation sites excluding steroid dienone is 2. The highest BCUT2D eigenvalue weighted by Gasteiger charge is 2.49. The Labute approximate surface area is 291 Å². The summed E-state index contributed by atoms with van der Waals surface area (Å²) in [7, 11) is 1.30. The lowest BCUT2D eigenvalue weighted by Gasteiger charge is -2.25. The number of aliphatic hydroxyl groups is 1. The maximum Gasteiger partial charge on any atom is 0.320 e. The van der Waals surface area contributed by atoms with Crippen LogP contribution in [0.25, 0.3) is 36.1 Å². The summed E-state index contributed by atoms with van der Waals surface area (Å²) in [4.78, 5) is 51.2. The molecule has 0 amide bonds. The van der Waals surface area contributed by atoms with Crippen LogP contribution in [0.15, 0.2) is 23.9 Å². The van der Waals surface area contributed by atoms with Gasteiger partial charge in [-0.25, -0.2) is 0 Å². The molecule has 6 rings (SSSR count). The Hall–Kier alpha value is -5.25. The Balaban J connectivity index is 1.63. The number of methoxy groups -OCH3 is 1. The van der Waals surface area contributed by atoms with Gasteiger partial charge in [0.15, 0.2) is 5.78 Å². The summed E-state index contributed by atoms with van der Waals surface area (Å²) in [6.07, 6.45) is 12.1. The number of aromatic amines is 3. The van der Waals surface area contributed by atoms with E-state index < -0.39 is 17.9 Å². The van der Waals surface area contributed by atoms with Crippen molar-refractivity contribution in [3.63, 3.8) is 0 Å². The summed E-state index contributed by atoms with van der Waals surface area (Å²) in [6.45, 7) is 16.2. The van der Waals surface area contributed by atoms with Crippen molar-refractivity contribution >= 4 is 53.9 Å². The van der Waals surface area contributed by atoms with Gasteiger partial charge < -0.3 is 34.8 Å². The van der Waals surface area contributed by atoms with E-state index in [-0.39, 0.29) is 36.6 Å². The molecule has 10 heteroatoms. The van der Waals surface area contributed by atoms with E-state index >= 15 is 0 Å². The zero-order valence-electron chi connectivity index (χ0n) is 29.8. The molecule has 3 aliphatic rings. The Bertz CT molecular complexity index is 2240. The molecule has 0 saturated carbocycles. The van der Waals surface area contributed by atoms with Gasteiger partial charge in [0, 0.05) is 56.8 Å². The third kappa shape index (κ3) is 5.76. The number of hydrogen-bond donors (Lipinski definition) is 5. The van der Waals surface area contributed by atoms with Crippen LogP contribution in [-0.2, 0) is 25.5 Å². The molecule has 1 aliphatic carbocycles. The second kappa shape index (κ2) is 13.6. The molecular weight excluding hydrogens is 632 g/mol. The fourth-order valence-electron chi connectivity index (χ4n) is 7.87. The number of nitrogens with one attached hydrogen (secondary N) is 4. The zero-order chi connectivity index (χ0) is 36.0. The van der Waals surface area contributed by atoms with Crippen molar-refractivity contribution in [3.8, 4) is 0 Å². The van der Waals surface area contributed by atoms with Crippen molar-refractivity contribution < 1.29 is 29.0 Å². The van der Waals surface area contributed by atoms with Gasteiger partial charge in [0.1, 0.15) is 12.5 Å². The minimum atomic E-state index is -1.14. The van der Waals surface area contributed by atoms with Crippen LogP contribution in [0.2, 0.25) is 0 Å². The van der Waals surface area contributed by atoms with E-state index in [1.54, 1.807) is 0 Å². The van der Waals surface area contributed by atoms with Crippen LogP contribution in [0, 0.1) is 31.6 Å². The number of ketones is 1. The molecule has 3 aromatic heterocycles. The Morgan fingerprint density at radius 2 is 1.76 bits per heavy atom. The molecule has 5 heterocycles. The first-order valence-corrected chi connectivity index (χ1v) is 17.2. The molecule has 1 fully saturated rings.